The van der Waals surface area contributed by atoms with Gasteiger partial charge in [-0.3, -0.25) is 4.79 Å². The van der Waals surface area contributed by atoms with Crippen LogP contribution in [0.5, 0.6) is 0 Å². The highest BCUT2D eigenvalue weighted by Crippen LogP contribution is 2.18. The molecule has 1 aromatic heterocycles. The maximum absolute atomic E-state index is 13.6. The second kappa shape index (κ2) is 6.17. The molecular formula is C14H15BrFN3O. The van der Waals surface area contributed by atoms with Gasteiger partial charge in [0.1, 0.15) is 10.3 Å². The van der Waals surface area contributed by atoms with Crippen molar-refractivity contribution in [2.75, 3.05) is 5.32 Å². The zero-order chi connectivity index (χ0) is 14.7. The van der Waals surface area contributed by atoms with Crippen molar-refractivity contribution in [3.8, 4) is 0 Å². The normalized spacial score (nSPS) is 12.2. The third kappa shape index (κ3) is 3.25. The van der Waals surface area contributed by atoms with Crippen molar-refractivity contribution in [2.24, 2.45) is 7.05 Å². The lowest BCUT2D eigenvalue weighted by Crippen LogP contribution is -2.25. The molecule has 4 nitrogen and oxygen atoms in total. The summed E-state index contributed by atoms with van der Waals surface area (Å²) in [7, 11) is 1.58. The molecule has 0 spiro atoms. The number of nitrogens with one attached hydrogen (secondary N) is 1. The summed E-state index contributed by atoms with van der Waals surface area (Å²) in [6, 6.07) is 6.64. The standard InChI is InChI=1S/C14H15BrFN3O/c1-9(7-10-5-3-4-6-11(10)16)18-12-8-17-19(2)14(20)13(12)15/h3-6,8-9,18H,7H2,1-2H3. The number of rotatable bonds is 4. The fraction of sp³-hybridized carbons (Fsp3) is 0.286. The summed E-state index contributed by atoms with van der Waals surface area (Å²) < 4.78 is 15.3. The van der Waals surface area contributed by atoms with Crippen molar-refractivity contribution < 1.29 is 4.39 Å². The smallest absolute Gasteiger partial charge is 0.282 e. The van der Waals surface area contributed by atoms with Crippen molar-refractivity contribution in [3.63, 3.8) is 0 Å². The largest absolute Gasteiger partial charge is 0.380 e. The molecule has 1 atom stereocenters. The number of anilines is 1. The minimum absolute atomic E-state index is 0.0305. The molecule has 1 unspecified atom stereocenters. The summed E-state index contributed by atoms with van der Waals surface area (Å²) in [5.41, 5.74) is 1.03. The Balaban J connectivity index is 2.13. The number of aromatic nitrogens is 2. The second-order valence-corrected chi connectivity index (χ2v) is 5.43. The SMILES string of the molecule is CC(Cc1ccccc1F)Nc1cnn(C)c(=O)c1Br. The molecule has 20 heavy (non-hydrogen) atoms. The van der Waals surface area contributed by atoms with Crippen molar-refractivity contribution in [2.45, 2.75) is 19.4 Å². The average Bonchev–Trinajstić information content (AvgIpc) is 2.42. The number of halogens is 2. The van der Waals surface area contributed by atoms with Gasteiger partial charge in [0.15, 0.2) is 0 Å². The zero-order valence-corrected chi connectivity index (χ0v) is 12.8. The van der Waals surface area contributed by atoms with Crippen LogP contribution in [-0.2, 0) is 13.5 Å². The summed E-state index contributed by atoms with van der Waals surface area (Å²) >= 11 is 3.25. The van der Waals surface area contributed by atoms with Crippen LogP contribution in [0.4, 0.5) is 10.1 Å². The van der Waals surface area contributed by atoms with Crippen molar-refractivity contribution in [1.29, 1.82) is 0 Å². The highest BCUT2D eigenvalue weighted by atomic mass is 79.9. The van der Waals surface area contributed by atoms with Gasteiger partial charge < -0.3 is 5.32 Å². The van der Waals surface area contributed by atoms with Gasteiger partial charge in [0.25, 0.3) is 5.56 Å². The van der Waals surface area contributed by atoms with Crippen LogP contribution in [0.2, 0.25) is 0 Å². The average molecular weight is 340 g/mol. The van der Waals surface area contributed by atoms with Crippen LogP contribution in [0.3, 0.4) is 0 Å². The molecule has 0 amide bonds. The van der Waals surface area contributed by atoms with Crippen LogP contribution in [0.15, 0.2) is 39.7 Å². The van der Waals surface area contributed by atoms with Crippen LogP contribution in [0.1, 0.15) is 12.5 Å². The molecule has 1 heterocycles. The molecule has 2 rings (SSSR count). The van der Waals surface area contributed by atoms with Crippen LogP contribution in [0.25, 0.3) is 0 Å². The van der Waals surface area contributed by atoms with Crippen LogP contribution < -0.4 is 10.9 Å². The molecule has 0 aliphatic rings. The highest BCUT2D eigenvalue weighted by Gasteiger charge is 2.11. The first-order valence-electron chi connectivity index (χ1n) is 6.20. The Kier molecular flexibility index (Phi) is 4.54. The van der Waals surface area contributed by atoms with Crippen molar-refractivity contribution in [1.82, 2.24) is 9.78 Å². The molecule has 6 heteroatoms. The summed E-state index contributed by atoms with van der Waals surface area (Å²) in [6.07, 6.45) is 2.09. The summed E-state index contributed by atoms with van der Waals surface area (Å²) in [6.45, 7) is 1.93. The number of aryl methyl sites for hydroxylation is 1. The molecule has 0 bridgehead atoms. The van der Waals surface area contributed by atoms with E-state index in [1.165, 1.54) is 10.7 Å². The molecule has 1 aromatic carbocycles. The van der Waals surface area contributed by atoms with E-state index in [9.17, 15) is 9.18 Å². The molecule has 1 N–H and O–H groups in total. The van der Waals surface area contributed by atoms with Gasteiger partial charge in [-0.2, -0.15) is 5.10 Å². The van der Waals surface area contributed by atoms with Gasteiger partial charge in [-0.15, -0.1) is 0 Å². The van der Waals surface area contributed by atoms with Gasteiger partial charge in [-0.1, -0.05) is 18.2 Å². The Morgan fingerprint density at radius 3 is 2.85 bits per heavy atom. The third-order valence-electron chi connectivity index (χ3n) is 2.96. The van der Waals surface area contributed by atoms with Gasteiger partial charge in [-0.25, -0.2) is 9.07 Å². The maximum Gasteiger partial charge on any atom is 0.282 e. The summed E-state index contributed by atoms with van der Waals surface area (Å²) in [5.74, 6) is -0.220. The minimum Gasteiger partial charge on any atom is -0.380 e. The Hall–Kier alpha value is -1.69. The minimum atomic E-state index is -0.220. The third-order valence-corrected chi connectivity index (χ3v) is 3.73. The number of hydrogen-bond acceptors (Lipinski definition) is 3. The van der Waals surface area contributed by atoms with Gasteiger partial charge in [0.2, 0.25) is 0 Å². The van der Waals surface area contributed by atoms with Crippen LogP contribution in [0, 0.1) is 5.82 Å². The highest BCUT2D eigenvalue weighted by molar-refractivity contribution is 9.10. The number of benzene rings is 1. The lowest BCUT2D eigenvalue weighted by atomic mass is 10.1. The van der Waals surface area contributed by atoms with Gasteiger partial charge in [0.05, 0.1) is 11.9 Å². The topological polar surface area (TPSA) is 46.9 Å². The zero-order valence-electron chi connectivity index (χ0n) is 11.2. The van der Waals surface area contributed by atoms with E-state index in [1.54, 1.807) is 31.4 Å². The van der Waals surface area contributed by atoms with E-state index < -0.39 is 0 Å². The molecule has 0 aliphatic carbocycles. The first-order valence-corrected chi connectivity index (χ1v) is 7.00. The van der Waals surface area contributed by atoms with Crippen LogP contribution >= 0.6 is 15.9 Å². The van der Waals surface area contributed by atoms with E-state index >= 15 is 0 Å². The quantitative estimate of drug-likeness (QED) is 0.931. The molecule has 0 saturated carbocycles. The molecule has 0 aliphatic heterocycles. The fourth-order valence-electron chi connectivity index (χ4n) is 1.92. The first kappa shape index (κ1) is 14.7. The van der Waals surface area contributed by atoms with E-state index in [-0.39, 0.29) is 17.4 Å². The lowest BCUT2D eigenvalue weighted by Gasteiger charge is -2.16. The van der Waals surface area contributed by atoms with Gasteiger partial charge >= 0.3 is 0 Å². The Morgan fingerprint density at radius 1 is 1.45 bits per heavy atom. The molecule has 0 fully saturated rings. The Bertz CT molecular complexity index is 672. The van der Waals surface area contributed by atoms with E-state index in [4.69, 9.17) is 0 Å². The fourth-order valence-corrected chi connectivity index (χ4v) is 2.40. The lowest BCUT2D eigenvalue weighted by molar-refractivity contribution is 0.601. The van der Waals surface area contributed by atoms with E-state index in [1.807, 2.05) is 6.92 Å². The first-order chi connectivity index (χ1) is 9.49. The Labute approximate surface area is 124 Å². The summed E-state index contributed by atoms with van der Waals surface area (Å²) in [5, 5.41) is 7.12. The maximum atomic E-state index is 13.6. The van der Waals surface area contributed by atoms with E-state index in [0.29, 0.717) is 22.1 Å². The summed E-state index contributed by atoms with van der Waals surface area (Å²) in [4.78, 5) is 11.7. The second-order valence-electron chi connectivity index (χ2n) is 4.64. The molecule has 2 aromatic rings. The van der Waals surface area contributed by atoms with E-state index in [2.05, 4.69) is 26.3 Å². The van der Waals surface area contributed by atoms with Gasteiger partial charge in [0, 0.05) is 13.1 Å². The predicted molar refractivity (Wildman–Crippen MR) is 80.4 cm³/mol. The van der Waals surface area contributed by atoms with E-state index in [0.717, 1.165) is 0 Å². The number of nitrogens with zero attached hydrogens (tertiary/aromatic N) is 2. The number of hydrogen-bond donors (Lipinski definition) is 1. The van der Waals surface area contributed by atoms with Crippen LogP contribution in [-0.4, -0.2) is 15.8 Å². The van der Waals surface area contributed by atoms with Crippen molar-refractivity contribution >= 4 is 21.6 Å². The molecule has 0 saturated heterocycles. The monoisotopic (exact) mass is 339 g/mol. The van der Waals surface area contributed by atoms with Gasteiger partial charge in [-0.05, 0) is 40.9 Å². The predicted octanol–water partition coefficient (Wildman–Crippen LogP) is 2.73. The molecule has 0 radical (unpaired) electrons. The molecule has 106 valence electrons. The molecular weight excluding hydrogens is 325 g/mol. The van der Waals surface area contributed by atoms with Crippen molar-refractivity contribution in [3.05, 3.63) is 56.7 Å². The Morgan fingerprint density at radius 2 is 2.15 bits per heavy atom.